The Balaban J connectivity index is 2.58. The topological polar surface area (TPSA) is 66.8 Å². The molecule has 0 saturated carbocycles. The summed E-state index contributed by atoms with van der Waals surface area (Å²) >= 11 is 0. The van der Waals surface area contributed by atoms with Gasteiger partial charge in [0.15, 0.2) is 0 Å². The van der Waals surface area contributed by atoms with E-state index in [0.717, 1.165) is 19.3 Å². The van der Waals surface area contributed by atoms with E-state index in [4.69, 9.17) is 9.84 Å². The van der Waals surface area contributed by atoms with Gasteiger partial charge in [-0.25, -0.2) is 4.79 Å². The number of carboxylic acid groups (broad SMARTS) is 1. The molecule has 0 aromatic heterocycles. The number of carbonyl (C=O) groups excluding carboxylic acids is 1. The first-order valence-corrected chi connectivity index (χ1v) is 6.51. The number of aliphatic carboxylic acids is 1. The molecule has 0 spiro atoms. The molecule has 18 heavy (non-hydrogen) atoms. The first kappa shape index (κ1) is 14.8. The Morgan fingerprint density at radius 3 is 2.56 bits per heavy atom. The van der Waals surface area contributed by atoms with Crippen molar-refractivity contribution in [2.24, 2.45) is 0 Å². The maximum atomic E-state index is 12.0. The number of carbonyl (C=O) groups is 2. The van der Waals surface area contributed by atoms with Crippen molar-refractivity contribution in [3.05, 3.63) is 0 Å². The van der Waals surface area contributed by atoms with Gasteiger partial charge in [0.2, 0.25) is 0 Å². The molecule has 1 aliphatic rings. The van der Waals surface area contributed by atoms with Crippen LogP contribution in [0.2, 0.25) is 0 Å². The van der Waals surface area contributed by atoms with Gasteiger partial charge in [-0.3, -0.25) is 4.79 Å². The minimum atomic E-state index is -0.815. The van der Waals surface area contributed by atoms with Crippen molar-refractivity contribution >= 4 is 12.1 Å². The summed E-state index contributed by atoms with van der Waals surface area (Å²) in [6.45, 7) is 6.17. The molecule has 0 bridgehead atoms. The first-order valence-electron chi connectivity index (χ1n) is 6.51. The monoisotopic (exact) mass is 257 g/mol. The molecule has 1 rings (SSSR count). The van der Waals surface area contributed by atoms with Crippen LogP contribution in [0, 0.1) is 0 Å². The summed E-state index contributed by atoms with van der Waals surface area (Å²) < 4.78 is 5.35. The summed E-state index contributed by atoms with van der Waals surface area (Å²) in [5, 5.41) is 8.72. The summed E-state index contributed by atoms with van der Waals surface area (Å²) in [6, 6.07) is 0.00435. The predicted octanol–water partition coefficient (Wildman–Crippen LogP) is 2.64. The number of rotatable bonds is 3. The highest BCUT2D eigenvalue weighted by Gasteiger charge is 2.30. The second-order valence-electron chi connectivity index (χ2n) is 5.76. The van der Waals surface area contributed by atoms with Gasteiger partial charge in [0.05, 0.1) is 0 Å². The second kappa shape index (κ2) is 6.07. The number of amides is 1. The van der Waals surface area contributed by atoms with Crippen molar-refractivity contribution in [2.75, 3.05) is 6.54 Å². The van der Waals surface area contributed by atoms with E-state index < -0.39 is 11.6 Å². The SMILES string of the molecule is CC(C)(C)OC(=O)N1CCCC[C@@H]1CCC(=O)O. The van der Waals surface area contributed by atoms with Gasteiger partial charge in [0.25, 0.3) is 0 Å². The van der Waals surface area contributed by atoms with Crippen LogP contribution in [0.4, 0.5) is 4.79 Å². The van der Waals surface area contributed by atoms with Crippen LogP contribution in [0.3, 0.4) is 0 Å². The maximum absolute atomic E-state index is 12.0. The molecule has 1 N–H and O–H groups in total. The van der Waals surface area contributed by atoms with Gasteiger partial charge in [-0.05, 0) is 46.5 Å². The largest absolute Gasteiger partial charge is 0.481 e. The van der Waals surface area contributed by atoms with Gasteiger partial charge in [0.1, 0.15) is 5.60 Å². The normalized spacial score (nSPS) is 20.6. The van der Waals surface area contributed by atoms with Crippen LogP contribution in [-0.4, -0.2) is 40.3 Å². The van der Waals surface area contributed by atoms with Crippen molar-refractivity contribution in [3.8, 4) is 0 Å². The Morgan fingerprint density at radius 1 is 1.33 bits per heavy atom. The molecule has 0 aromatic rings. The highest BCUT2D eigenvalue weighted by molar-refractivity contribution is 5.69. The smallest absolute Gasteiger partial charge is 0.410 e. The summed E-state index contributed by atoms with van der Waals surface area (Å²) in [5.74, 6) is -0.815. The van der Waals surface area contributed by atoms with E-state index in [1.165, 1.54) is 0 Å². The Kier molecular flexibility index (Phi) is 4.99. The van der Waals surface area contributed by atoms with Crippen LogP contribution in [-0.2, 0) is 9.53 Å². The van der Waals surface area contributed by atoms with Gasteiger partial charge in [-0.2, -0.15) is 0 Å². The molecule has 0 aromatic carbocycles. The van der Waals surface area contributed by atoms with E-state index in [1.807, 2.05) is 20.8 Å². The number of hydrogen-bond acceptors (Lipinski definition) is 3. The fourth-order valence-corrected chi connectivity index (χ4v) is 2.15. The van der Waals surface area contributed by atoms with E-state index in [9.17, 15) is 9.59 Å². The molecule has 0 radical (unpaired) electrons. The zero-order chi connectivity index (χ0) is 13.8. The van der Waals surface area contributed by atoms with Gasteiger partial charge in [-0.1, -0.05) is 0 Å². The predicted molar refractivity (Wildman–Crippen MR) is 67.4 cm³/mol. The maximum Gasteiger partial charge on any atom is 0.410 e. The highest BCUT2D eigenvalue weighted by atomic mass is 16.6. The van der Waals surface area contributed by atoms with Crippen LogP contribution in [0.25, 0.3) is 0 Å². The quantitative estimate of drug-likeness (QED) is 0.844. The molecule has 0 aliphatic carbocycles. The molecule has 1 heterocycles. The van der Waals surface area contributed by atoms with Crippen molar-refractivity contribution in [2.45, 2.75) is 64.5 Å². The Labute approximate surface area is 108 Å². The van der Waals surface area contributed by atoms with Crippen molar-refractivity contribution in [1.82, 2.24) is 4.90 Å². The Morgan fingerprint density at radius 2 is 2.00 bits per heavy atom. The Bertz CT molecular complexity index is 309. The fraction of sp³-hybridized carbons (Fsp3) is 0.846. The third-order valence-electron chi connectivity index (χ3n) is 2.95. The third kappa shape index (κ3) is 4.94. The molecular weight excluding hydrogens is 234 g/mol. The van der Waals surface area contributed by atoms with Gasteiger partial charge < -0.3 is 14.7 Å². The fourth-order valence-electron chi connectivity index (χ4n) is 2.15. The zero-order valence-corrected chi connectivity index (χ0v) is 11.4. The number of ether oxygens (including phenoxy) is 1. The summed E-state index contributed by atoms with van der Waals surface area (Å²) in [5.41, 5.74) is -0.508. The van der Waals surface area contributed by atoms with E-state index >= 15 is 0 Å². The Hall–Kier alpha value is -1.26. The van der Waals surface area contributed by atoms with E-state index in [2.05, 4.69) is 0 Å². The number of piperidine rings is 1. The molecule has 5 nitrogen and oxygen atoms in total. The number of nitrogens with zero attached hydrogens (tertiary/aromatic N) is 1. The molecule has 1 atom stereocenters. The number of likely N-dealkylation sites (tertiary alicyclic amines) is 1. The first-order chi connectivity index (χ1) is 8.29. The third-order valence-corrected chi connectivity index (χ3v) is 2.95. The van der Waals surface area contributed by atoms with Crippen LogP contribution in [0.1, 0.15) is 52.9 Å². The lowest BCUT2D eigenvalue weighted by atomic mass is 9.98. The van der Waals surface area contributed by atoms with Crippen molar-refractivity contribution in [1.29, 1.82) is 0 Å². The lowest BCUT2D eigenvalue weighted by molar-refractivity contribution is -0.137. The molecule has 5 heteroatoms. The van der Waals surface area contributed by atoms with Crippen LogP contribution < -0.4 is 0 Å². The van der Waals surface area contributed by atoms with Gasteiger partial charge >= 0.3 is 12.1 Å². The molecule has 0 unspecified atom stereocenters. The molecule has 1 saturated heterocycles. The lowest BCUT2D eigenvalue weighted by Gasteiger charge is -2.36. The zero-order valence-electron chi connectivity index (χ0n) is 11.4. The number of carboxylic acids is 1. The number of hydrogen-bond donors (Lipinski definition) is 1. The molecule has 104 valence electrons. The van der Waals surface area contributed by atoms with Crippen LogP contribution in [0.15, 0.2) is 0 Å². The molecular formula is C13H23NO4. The van der Waals surface area contributed by atoms with Crippen molar-refractivity contribution < 1.29 is 19.4 Å². The molecule has 1 amide bonds. The highest BCUT2D eigenvalue weighted by Crippen LogP contribution is 2.23. The van der Waals surface area contributed by atoms with Crippen LogP contribution in [0.5, 0.6) is 0 Å². The van der Waals surface area contributed by atoms with Crippen LogP contribution >= 0.6 is 0 Å². The minimum Gasteiger partial charge on any atom is -0.481 e. The van der Waals surface area contributed by atoms with E-state index in [0.29, 0.717) is 13.0 Å². The average Bonchev–Trinajstić information content (AvgIpc) is 2.24. The van der Waals surface area contributed by atoms with Crippen molar-refractivity contribution in [3.63, 3.8) is 0 Å². The summed E-state index contributed by atoms with van der Waals surface area (Å²) in [6.07, 6.45) is 3.16. The summed E-state index contributed by atoms with van der Waals surface area (Å²) in [4.78, 5) is 24.3. The standard InChI is InChI=1S/C13H23NO4/c1-13(2,3)18-12(17)14-9-5-4-6-10(14)7-8-11(15)16/h10H,4-9H2,1-3H3,(H,15,16)/t10-/m1/s1. The average molecular weight is 257 g/mol. The van der Waals surface area contributed by atoms with Gasteiger partial charge in [0, 0.05) is 19.0 Å². The second-order valence-corrected chi connectivity index (χ2v) is 5.76. The lowest BCUT2D eigenvalue weighted by Crippen LogP contribution is -2.46. The molecule has 1 fully saturated rings. The molecule has 1 aliphatic heterocycles. The van der Waals surface area contributed by atoms with Gasteiger partial charge in [-0.15, -0.1) is 0 Å². The summed E-state index contributed by atoms with van der Waals surface area (Å²) in [7, 11) is 0. The minimum absolute atomic E-state index is 0.00435. The van der Waals surface area contributed by atoms with E-state index in [-0.39, 0.29) is 18.6 Å². The van der Waals surface area contributed by atoms with E-state index in [1.54, 1.807) is 4.90 Å².